The summed E-state index contributed by atoms with van der Waals surface area (Å²) in [5.74, 6) is -0.341. The Morgan fingerprint density at radius 2 is 1.49 bits per heavy atom. The van der Waals surface area contributed by atoms with Gasteiger partial charge in [0.15, 0.2) is 0 Å². The van der Waals surface area contributed by atoms with Crippen LogP contribution < -0.4 is 5.32 Å². The lowest BCUT2D eigenvalue weighted by molar-refractivity contribution is -0.117. The van der Waals surface area contributed by atoms with Gasteiger partial charge in [-0.1, -0.05) is 117 Å². The summed E-state index contributed by atoms with van der Waals surface area (Å²) in [4.78, 5) is 13.5. The van der Waals surface area contributed by atoms with Gasteiger partial charge < -0.3 is 5.32 Å². The number of rotatable bonds is 6. The zero-order chi connectivity index (χ0) is 25.0. The lowest BCUT2D eigenvalue weighted by atomic mass is 9.84. The van der Waals surface area contributed by atoms with E-state index in [-0.39, 0.29) is 17.2 Å². The second kappa shape index (κ2) is 10.7. The Kier molecular flexibility index (Phi) is 7.64. The van der Waals surface area contributed by atoms with E-state index in [1.54, 1.807) is 6.07 Å². The van der Waals surface area contributed by atoms with Gasteiger partial charge in [0.2, 0.25) is 5.91 Å². The molecule has 0 saturated carbocycles. The fourth-order valence-electron chi connectivity index (χ4n) is 4.11. The van der Waals surface area contributed by atoms with Crippen molar-refractivity contribution in [2.75, 3.05) is 5.32 Å². The van der Waals surface area contributed by atoms with E-state index in [9.17, 15) is 4.79 Å². The molecule has 0 radical (unpaired) electrons. The first-order valence-corrected chi connectivity index (χ1v) is 12.5. The van der Waals surface area contributed by atoms with E-state index < -0.39 is 0 Å². The van der Waals surface area contributed by atoms with Gasteiger partial charge in [0.05, 0.1) is 5.92 Å². The summed E-state index contributed by atoms with van der Waals surface area (Å²) in [6.07, 6.45) is 0.625. The summed E-state index contributed by atoms with van der Waals surface area (Å²) in [7, 11) is 0. The summed E-state index contributed by atoms with van der Waals surface area (Å²) in [5.41, 5.74) is 6.04. The largest absolute Gasteiger partial charge is 0.326 e. The van der Waals surface area contributed by atoms with Crippen molar-refractivity contribution in [3.8, 4) is 11.1 Å². The van der Waals surface area contributed by atoms with Gasteiger partial charge in [0.25, 0.3) is 0 Å². The first-order chi connectivity index (χ1) is 16.7. The number of amides is 1. The lowest BCUT2D eigenvalue weighted by Gasteiger charge is -2.22. The summed E-state index contributed by atoms with van der Waals surface area (Å²) in [6.45, 7) is 6.57. The fourth-order valence-corrected chi connectivity index (χ4v) is 4.63. The summed E-state index contributed by atoms with van der Waals surface area (Å²) < 4.78 is 0. The zero-order valence-corrected chi connectivity index (χ0v) is 21.7. The molecule has 1 unspecified atom stereocenters. The Morgan fingerprint density at radius 3 is 2.09 bits per heavy atom. The van der Waals surface area contributed by atoms with Crippen LogP contribution in [0.25, 0.3) is 11.1 Å². The highest BCUT2D eigenvalue weighted by Gasteiger charge is 2.23. The van der Waals surface area contributed by atoms with Crippen molar-refractivity contribution in [3.63, 3.8) is 0 Å². The lowest BCUT2D eigenvalue weighted by Crippen LogP contribution is -2.23. The van der Waals surface area contributed by atoms with Crippen LogP contribution >= 0.6 is 23.2 Å². The van der Waals surface area contributed by atoms with E-state index in [0.29, 0.717) is 16.5 Å². The van der Waals surface area contributed by atoms with E-state index in [4.69, 9.17) is 23.2 Å². The first-order valence-electron chi connectivity index (χ1n) is 11.7. The molecule has 1 amide bonds. The van der Waals surface area contributed by atoms with Crippen LogP contribution in [0.5, 0.6) is 0 Å². The average Bonchev–Trinajstić information content (AvgIpc) is 2.83. The number of carbonyl (C=O) groups is 1. The minimum Gasteiger partial charge on any atom is -0.326 e. The predicted octanol–water partition coefficient (Wildman–Crippen LogP) is 8.92. The first kappa shape index (κ1) is 25.0. The number of hydrogen-bond donors (Lipinski definition) is 1. The van der Waals surface area contributed by atoms with Crippen LogP contribution in [-0.2, 0) is 16.6 Å². The third-order valence-corrected chi connectivity index (χ3v) is 6.72. The van der Waals surface area contributed by atoms with Gasteiger partial charge in [-0.3, -0.25) is 4.79 Å². The van der Waals surface area contributed by atoms with Crippen LogP contribution in [-0.4, -0.2) is 5.91 Å². The van der Waals surface area contributed by atoms with Crippen LogP contribution in [0.3, 0.4) is 0 Å². The molecule has 0 fully saturated rings. The summed E-state index contributed by atoms with van der Waals surface area (Å²) >= 11 is 12.4. The Hall–Kier alpha value is -3.07. The van der Waals surface area contributed by atoms with Gasteiger partial charge in [-0.25, -0.2) is 0 Å². The number of hydrogen-bond acceptors (Lipinski definition) is 1. The van der Waals surface area contributed by atoms with Crippen molar-refractivity contribution in [2.24, 2.45) is 0 Å². The molecule has 0 aliphatic rings. The highest BCUT2D eigenvalue weighted by atomic mass is 35.5. The molecule has 35 heavy (non-hydrogen) atoms. The van der Waals surface area contributed by atoms with Gasteiger partial charge >= 0.3 is 0 Å². The molecule has 0 aliphatic carbocycles. The molecular weight excluding hydrogens is 473 g/mol. The van der Waals surface area contributed by atoms with Crippen LogP contribution in [0.4, 0.5) is 5.69 Å². The number of nitrogens with one attached hydrogen (secondary N) is 1. The summed E-state index contributed by atoms with van der Waals surface area (Å²) in [6, 6.07) is 31.7. The molecule has 4 rings (SSSR count). The van der Waals surface area contributed by atoms with Crippen LogP contribution in [0, 0.1) is 0 Å². The second-order valence-corrected chi connectivity index (χ2v) is 10.6. The minimum absolute atomic E-state index is 0.0327. The molecule has 0 spiro atoms. The number of benzene rings is 4. The zero-order valence-electron chi connectivity index (χ0n) is 20.2. The molecule has 2 nitrogen and oxygen atoms in total. The standard InChI is InChI=1S/C31H29Cl2NO/c1-31(2,3)24-13-9-23(10-14-24)28(19-21-7-5-4-6-8-21)30(35)34-26-16-11-22(12-17-26)27-18-15-25(32)20-29(27)33/h4-18,20,28H,19H2,1-3H3,(H,34,35). The second-order valence-electron chi connectivity index (χ2n) is 9.81. The molecule has 0 heterocycles. The monoisotopic (exact) mass is 501 g/mol. The maximum absolute atomic E-state index is 13.5. The van der Waals surface area contributed by atoms with E-state index in [1.807, 2.05) is 54.6 Å². The van der Waals surface area contributed by atoms with E-state index in [2.05, 4.69) is 62.5 Å². The Labute approximate surface area is 217 Å². The van der Waals surface area contributed by atoms with Crippen LogP contribution in [0.1, 0.15) is 43.4 Å². The van der Waals surface area contributed by atoms with Crippen molar-refractivity contribution >= 4 is 34.8 Å². The van der Waals surface area contributed by atoms with Crippen molar-refractivity contribution in [1.82, 2.24) is 0 Å². The minimum atomic E-state index is -0.309. The smallest absolute Gasteiger partial charge is 0.232 e. The van der Waals surface area contributed by atoms with Gasteiger partial charge in [-0.15, -0.1) is 0 Å². The van der Waals surface area contributed by atoms with Gasteiger partial charge in [-0.2, -0.15) is 0 Å². The molecule has 0 aromatic heterocycles. The number of halogens is 2. The quantitative estimate of drug-likeness (QED) is 0.280. The highest BCUT2D eigenvalue weighted by Crippen LogP contribution is 2.32. The third-order valence-electron chi connectivity index (χ3n) is 6.17. The Balaban J connectivity index is 1.57. The highest BCUT2D eigenvalue weighted by molar-refractivity contribution is 6.36. The molecule has 0 saturated heterocycles. The molecular formula is C31H29Cl2NO. The maximum atomic E-state index is 13.5. The fraction of sp³-hybridized carbons (Fsp3) is 0.194. The normalized spacial score (nSPS) is 12.3. The SMILES string of the molecule is CC(C)(C)c1ccc(C(Cc2ccccc2)C(=O)Nc2ccc(-c3ccc(Cl)cc3Cl)cc2)cc1. The number of anilines is 1. The van der Waals surface area contributed by atoms with Crippen LogP contribution in [0.2, 0.25) is 10.0 Å². The van der Waals surface area contributed by atoms with Crippen LogP contribution in [0.15, 0.2) is 97.1 Å². The van der Waals surface area contributed by atoms with Crippen molar-refractivity contribution in [1.29, 1.82) is 0 Å². The molecule has 4 aromatic rings. The topological polar surface area (TPSA) is 29.1 Å². The van der Waals surface area contributed by atoms with Gasteiger partial charge in [0.1, 0.15) is 0 Å². The molecule has 0 bridgehead atoms. The Morgan fingerprint density at radius 1 is 0.829 bits per heavy atom. The Bertz CT molecular complexity index is 1290. The van der Waals surface area contributed by atoms with E-state index in [1.165, 1.54) is 5.56 Å². The third kappa shape index (κ3) is 6.33. The average molecular weight is 502 g/mol. The van der Waals surface area contributed by atoms with Gasteiger partial charge in [0, 0.05) is 21.3 Å². The van der Waals surface area contributed by atoms with Gasteiger partial charge in [-0.05, 0) is 58.4 Å². The maximum Gasteiger partial charge on any atom is 0.232 e. The van der Waals surface area contributed by atoms with E-state index >= 15 is 0 Å². The molecule has 1 atom stereocenters. The van der Waals surface area contributed by atoms with E-state index in [0.717, 1.165) is 27.9 Å². The van der Waals surface area contributed by atoms with Crippen molar-refractivity contribution < 1.29 is 4.79 Å². The molecule has 178 valence electrons. The molecule has 4 heteroatoms. The molecule has 0 aliphatic heterocycles. The number of carbonyl (C=O) groups excluding carboxylic acids is 1. The molecule has 1 N–H and O–H groups in total. The van der Waals surface area contributed by atoms with Crippen molar-refractivity contribution in [3.05, 3.63) is 124 Å². The molecule has 4 aromatic carbocycles. The van der Waals surface area contributed by atoms with Crippen molar-refractivity contribution in [2.45, 2.75) is 38.5 Å². The predicted molar refractivity (Wildman–Crippen MR) is 149 cm³/mol. The summed E-state index contributed by atoms with van der Waals surface area (Å²) in [5, 5.41) is 4.31.